The van der Waals surface area contributed by atoms with Gasteiger partial charge in [0.15, 0.2) is 0 Å². The Hall–Kier alpha value is -1.22. The topological polar surface area (TPSA) is 43.7 Å². The van der Waals surface area contributed by atoms with Gasteiger partial charge >= 0.3 is 0 Å². The van der Waals surface area contributed by atoms with Gasteiger partial charge in [0.25, 0.3) is 0 Å². The minimum atomic E-state index is 0.195. The van der Waals surface area contributed by atoms with Gasteiger partial charge in [0, 0.05) is 18.0 Å². The fraction of sp³-hybridized carbons (Fsp3) is 0.600. The Balaban J connectivity index is 2.02. The molecule has 3 heteroatoms. The Morgan fingerprint density at radius 1 is 1.28 bits per heavy atom. The van der Waals surface area contributed by atoms with Gasteiger partial charge in [0.2, 0.25) is 0 Å². The van der Waals surface area contributed by atoms with Crippen LogP contribution in [-0.2, 0) is 6.42 Å². The molecule has 18 heavy (non-hydrogen) atoms. The van der Waals surface area contributed by atoms with E-state index >= 15 is 0 Å². The van der Waals surface area contributed by atoms with E-state index in [0.717, 1.165) is 24.9 Å². The van der Waals surface area contributed by atoms with Crippen molar-refractivity contribution in [3.8, 4) is 11.5 Å². The van der Waals surface area contributed by atoms with Crippen LogP contribution in [0.1, 0.15) is 43.2 Å². The molecular weight excluding hydrogens is 226 g/mol. The number of hydrogen-bond donors (Lipinski definition) is 2. The molecule has 2 aliphatic rings. The van der Waals surface area contributed by atoms with E-state index in [1.54, 1.807) is 0 Å². The molecule has 0 aromatic heterocycles. The van der Waals surface area contributed by atoms with Crippen LogP contribution in [0.15, 0.2) is 12.1 Å². The highest BCUT2D eigenvalue weighted by atomic mass is 16.3. The van der Waals surface area contributed by atoms with E-state index in [1.165, 1.54) is 31.0 Å². The van der Waals surface area contributed by atoms with Gasteiger partial charge in [-0.05, 0) is 56.0 Å². The minimum absolute atomic E-state index is 0.195. The molecule has 2 N–H and O–H groups in total. The fourth-order valence-corrected chi connectivity index (χ4v) is 3.82. The second-order valence-corrected chi connectivity index (χ2v) is 5.52. The Labute approximate surface area is 108 Å². The number of benzene rings is 1. The summed E-state index contributed by atoms with van der Waals surface area (Å²) >= 11 is 0. The number of phenols is 2. The summed E-state index contributed by atoms with van der Waals surface area (Å²) in [5, 5.41) is 19.7. The number of likely N-dealkylation sites (N-methyl/N-ethyl adjacent to an activating group) is 1. The first kappa shape index (κ1) is 11.8. The van der Waals surface area contributed by atoms with Gasteiger partial charge in [-0.3, -0.25) is 0 Å². The maximum atomic E-state index is 9.98. The predicted octanol–water partition coefficient (Wildman–Crippen LogP) is 2.61. The Bertz CT molecular complexity index is 458. The van der Waals surface area contributed by atoms with Crippen LogP contribution in [0.3, 0.4) is 0 Å². The third kappa shape index (κ3) is 1.77. The van der Waals surface area contributed by atoms with Crippen LogP contribution >= 0.6 is 0 Å². The van der Waals surface area contributed by atoms with E-state index in [9.17, 15) is 10.2 Å². The average Bonchev–Trinajstić information content (AvgIpc) is 2.37. The minimum Gasteiger partial charge on any atom is -0.508 e. The smallest absolute Gasteiger partial charge is 0.122 e. The lowest BCUT2D eigenvalue weighted by Gasteiger charge is -2.44. The van der Waals surface area contributed by atoms with Crippen molar-refractivity contribution < 1.29 is 10.2 Å². The maximum Gasteiger partial charge on any atom is 0.122 e. The molecule has 2 unspecified atom stereocenters. The number of hydrogen-bond acceptors (Lipinski definition) is 3. The van der Waals surface area contributed by atoms with Crippen LogP contribution in [0, 0.1) is 0 Å². The number of phenolic OH excluding ortho intramolecular Hbond substituents is 2. The van der Waals surface area contributed by atoms with Crippen molar-refractivity contribution in [2.24, 2.45) is 0 Å². The van der Waals surface area contributed by atoms with Crippen LogP contribution in [0.5, 0.6) is 11.5 Å². The quantitative estimate of drug-likeness (QED) is 0.801. The summed E-state index contributed by atoms with van der Waals surface area (Å²) in [5.41, 5.74) is 2.24. The standard InChI is InChI=1S/C15H21NO2/c1-2-16-7-3-4-11-13-8-10(17)9-15(18)12(13)5-6-14(11)16/h8-9,11,14,17-18H,2-7H2,1H3. The highest BCUT2D eigenvalue weighted by Crippen LogP contribution is 2.44. The van der Waals surface area contributed by atoms with Crippen LogP contribution < -0.4 is 0 Å². The van der Waals surface area contributed by atoms with Crippen molar-refractivity contribution in [3.63, 3.8) is 0 Å². The lowest BCUT2D eigenvalue weighted by molar-refractivity contribution is 0.118. The van der Waals surface area contributed by atoms with Gasteiger partial charge in [-0.1, -0.05) is 6.92 Å². The number of rotatable bonds is 1. The van der Waals surface area contributed by atoms with Crippen LogP contribution in [0.4, 0.5) is 0 Å². The summed E-state index contributed by atoms with van der Waals surface area (Å²) in [6.07, 6.45) is 4.45. The molecule has 1 heterocycles. The second kappa shape index (κ2) is 4.47. The zero-order valence-corrected chi connectivity index (χ0v) is 10.9. The van der Waals surface area contributed by atoms with Gasteiger partial charge < -0.3 is 15.1 Å². The highest BCUT2D eigenvalue weighted by molar-refractivity contribution is 5.49. The molecule has 1 aliphatic carbocycles. The number of piperidine rings is 1. The molecule has 1 aromatic carbocycles. The summed E-state index contributed by atoms with van der Waals surface area (Å²) in [5.74, 6) is 0.957. The van der Waals surface area contributed by atoms with E-state index in [2.05, 4.69) is 11.8 Å². The zero-order chi connectivity index (χ0) is 12.7. The zero-order valence-electron chi connectivity index (χ0n) is 10.9. The van der Waals surface area contributed by atoms with Crippen molar-refractivity contribution in [3.05, 3.63) is 23.3 Å². The summed E-state index contributed by atoms with van der Waals surface area (Å²) in [6.45, 7) is 4.51. The second-order valence-electron chi connectivity index (χ2n) is 5.52. The van der Waals surface area contributed by atoms with Crippen molar-refractivity contribution in [1.82, 2.24) is 4.90 Å². The van der Waals surface area contributed by atoms with Gasteiger partial charge in [0.1, 0.15) is 11.5 Å². The van der Waals surface area contributed by atoms with Crippen molar-refractivity contribution in [2.45, 2.75) is 44.6 Å². The SMILES string of the molecule is CCN1CCCC2c3cc(O)cc(O)c3CCC21. The molecule has 0 saturated carbocycles. The molecule has 3 nitrogen and oxygen atoms in total. The van der Waals surface area contributed by atoms with E-state index in [1.807, 2.05) is 6.07 Å². The molecule has 1 aliphatic heterocycles. The first-order chi connectivity index (χ1) is 8.70. The van der Waals surface area contributed by atoms with Gasteiger partial charge in [-0.25, -0.2) is 0 Å². The first-order valence-corrected chi connectivity index (χ1v) is 6.99. The van der Waals surface area contributed by atoms with Crippen LogP contribution in [0.25, 0.3) is 0 Å². The Kier molecular flexibility index (Phi) is 2.94. The monoisotopic (exact) mass is 247 g/mol. The average molecular weight is 247 g/mol. The van der Waals surface area contributed by atoms with E-state index in [-0.39, 0.29) is 11.5 Å². The summed E-state index contributed by atoms with van der Waals surface area (Å²) in [6, 6.07) is 3.93. The molecule has 0 radical (unpaired) electrons. The van der Waals surface area contributed by atoms with Crippen molar-refractivity contribution >= 4 is 0 Å². The molecule has 1 aromatic rings. The predicted molar refractivity (Wildman–Crippen MR) is 71.1 cm³/mol. The Morgan fingerprint density at radius 3 is 2.89 bits per heavy atom. The Morgan fingerprint density at radius 2 is 2.11 bits per heavy atom. The van der Waals surface area contributed by atoms with Gasteiger partial charge in [-0.2, -0.15) is 0 Å². The maximum absolute atomic E-state index is 9.98. The molecule has 98 valence electrons. The normalized spacial score (nSPS) is 27.6. The van der Waals surface area contributed by atoms with Gasteiger partial charge in [-0.15, -0.1) is 0 Å². The summed E-state index contributed by atoms with van der Waals surface area (Å²) in [4.78, 5) is 2.55. The largest absolute Gasteiger partial charge is 0.508 e. The number of fused-ring (bicyclic) bond motifs is 3. The van der Waals surface area contributed by atoms with Crippen LogP contribution in [-0.4, -0.2) is 34.2 Å². The van der Waals surface area contributed by atoms with Crippen LogP contribution in [0.2, 0.25) is 0 Å². The molecule has 1 fully saturated rings. The van der Waals surface area contributed by atoms with E-state index < -0.39 is 0 Å². The first-order valence-electron chi connectivity index (χ1n) is 6.99. The van der Waals surface area contributed by atoms with Crippen molar-refractivity contribution in [2.75, 3.05) is 13.1 Å². The van der Waals surface area contributed by atoms with Gasteiger partial charge in [0.05, 0.1) is 0 Å². The number of nitrogens with zero attached hydrogens (tertiary/aromatic N) is 1. The van der Waals surface area contributed by atoms with Crippen molar-refractivity contribution in [1.29, 1.82) is 0 Å². The molecule has 0 bridgehead atoms. The molecule has 0 amide bonds. The third-order valence-corrected chi connectivity index (χ3v) is 4.64. The molecule has 1 saturated heterocycles. The third-order valence-electron chi connectivity index (χ3n) is 4.64. The summed E-state index contributed by atoms with van der Waals surface area (Å²) < 4.78 is 0. The number of aromatic hydroxyl groups is 2. The fourth-order valence-electron chi connectivity index (χ4n) is 3.82. The summed E-state index contributed by atoms with van der Waals surface area (Å²) in [7, 11) is 0. The molecule has 0 spiro atoms. The number of likely N-dealkylation sites (tertiary alicyclic amines) is 1. The van der Waals surface area contributed by atoms with E-state index in [0.29, 0.717) is 12.0 Å². The lowest BCUT2D eigenvalue weighted by atomic mass is 9.74. The molecule has 2 atom stereocenters. The highest BCUT2D eigenvalue weighted by Gasteiger charge is 2.36. The van der Waals surface area contributed by atoms with E-state index in [4.69, 9.17) is 0 Å². The molecular formula is C15H21NO2. The lowest BCUT2D eigenvalue weighted by Crippen LogP contribution is -2.46. The molecule has 3 rings (SSSR count).